The monoisotopic (exact) mass is 434 g/mol. The van der Waals surface area contributed by atoms with Crippen LogP contribution < -0.4 is 29.6 Å². The van der Waals surface area contributed by atoms with Crippen LogP contribution >= 0.6 is 15.2 Å². The van der Waals surface area contributed by atoms with E-state index in [1.165, 1.54) is 40.6 Å². The molecule has 0 fully saturated rings. The van der Waals surface area contributed by atoms with Crippen LogP contribution in [0.25, 0.3) is 11.1 Å². The first-order valence-electron chi connectivity index (χ1n) is 7.62. The lowest BCUT2D eigenvalue weighted by atomic mass is 10.0. The Bertz CT molecular complexity index is 896. The molecule has 2 aromatic rings. The fraction of sp³-hybridized carbons (Fsp3) is 0.250. The lowest BCUT2D eigenvalue weighted by Gasteiger charge is -2.22. The van der Waals surface area contributed by atoms with Gasteiger partial charge in [-0.1, -0.05) is 0 Å². The van der Waals surface area contributed by atoms with Crippen molar-refractivity contribution in [3.8, 4) is 34.1 Å². The molecule has 0 saturated carbocycles. The van der Waals surface area contributed by atoms with E-state index >= 15 is 0 Å². The van der Waals surface area contributed by atoms with Crippen molar-refractivity contribution in [1.82, 2.24) is 0 Å². The van der Waals surface area contributed by atoms with Gasteiger partial charge in [0.25, 0.3) is 0 Å². The molecule has 0 amide bonds. The van der Waals surface area contributed by atoms with Crippen LogP contribution in [0.1, 0.15) is 0 Å². The quantitative estimate of drug-likeness (QED) is 0.464. The van der Waals surface area contributed by atoms with Crippen molar-refractivity contribution in [2.75, 3.05) is 28.4 Å². The van der Waals surface area contributed by atoms with E-state index in [0.29, 0.717) is 0 Å². The fourth-order valence-corrected chi connectivity index (χ4v) is 4.29. The molecule has 0 heterocycles. The molecule has 12 heteroatoms. The van der Waals surface area contributed by atoms with Crippen LogP contribution in [0.4, 0.5) is 0 Å². The molecule has 0 atom stereocenters. The summed E-state index contributed by atoms with van der Waals surface area (Å²) < 4.78 is 44.9. The van der Waals surface area contributed by atoms with Gasteiger partial charge in [0.15, 0.2) is 0 Å². The maximum Gasteiger partial charge on any atom is 0.357 e. The van der Waals surface area contributed by atoms with Gasteiger partial charge >= 0.3 is 15.2 Å². The van der Waals surface area contributed by atoms with Crippen LogP contribution in [0.15, 0.2) is 24.3 Å². The van der Waals surface area contributed by atoms with Gasteiger partial charge < -0.3 is 38.5 Å². The molecule has 0 aliphatic heterocycles. The third kappa shape index (κ3) is 4.33. The molecule has 0 aliphatic carbocycles. The Morgan fingerprint density at radius 2 is 0.929 bits per heavy atom. The average molecular weight is 434 g/mol. The maximum atomic E-state index is 12.2. The minimum Gasteiger partial charge on any atom is -0.497 e. The number of hydrogen-bond donors (Lipinski definition) is 4. The van der Waals surface area contributed by atoms with Crippen molar-refractivity contribution in [1.29, 1.82) is 0 Å². The third-order valence-corrected chi connectivity index (χ3v) is 5.86. The molecule has 28 heavy (non-hydrogen) atoms. The smallest absolute Gasteiger partial charge is 0.357 e. The molecule has 4 N–H and O–H groups in total. The van der Waals surface area contributed by atoms with Gasteiger partial charge in [-0.05, 0) is 12.1 Å². The number of ether oxygens (including phenoxy) is 4. The highest BCUT2D eigenvalue weighted by atomic mass is 31.2. The van der Waals surface area contributed by atoms with Crippen molar-refractivity contribution in [3.05, 3.63) is 24.3 Å². The van der Waals surface area contributed by atoms with E-state index in [1.54, 1.807) is 0 Å². The lowest BCUT2D eigenvalue weighted by molar-refractivity contribution is 0.379. The number of methoxy groups -OCH3 is 4. The third-order valence-electron chi connectivity index (χ3n) is 3.90. The van der Waals surface area contributed by atoms with E-state index in [1.807, 2.05) is 0 Å². The summed E-state index contributed by atoms with van der Waals surface area (Å²) in [5, 5.41) is -1.08. The minimum atomic E-state index is -4.92. The second kappa shape index (κ2) is 8.13. The van der Waals surface area contributed by atoms with Crippen molar-refractivity contribution >= 4 is 25.8 Å². The van der Waals surface area contributed by atoms with Crippen molar-refractivity contribution in [2.45, 2.75) is 0 Å². The summed E-state index contributed by atoms with van der Waals surface area (Å²) in [4.78, 5) is 39.5. The van der Waals surface area contributed by atoms with E-state index in [0.717, 1.165) is 12.1 Å². The SMILES string of the molecule is COc1cc(OC)c(-c2c(OC)cc(OC)cc2P(=O)(O)O)c(P(=O)(O)O)c1. The second-order valence-corrected chi connectivity index (χ2v) is 8.68. The van der Waals surface area contributed by atoms with Gasteiger partial charge in [0.2, 0.25) is 0 Å². The van der Waals surface area contributed by atoms with Crippen LogP contribution in [0, 0.1) is 0 Å². The number of rotatable bonds is 7. The molecular formula is C16H20O10P2. The zero-order valence-electron chi connectivity index (χ0n) is 15.4. The molecule has 0 radical (unpaired) electrons. The summed E-state index contributed by atoms with van der Waals surface area (Å²) in [6.07, 6.45) is 0. The molecule has 0 aromatic heterocycles. The molecular weight excluding hydrogens is 414 g/mol. The van der Waals surface area contributed by atoms with Gasteiger partial charge in [0.05, 0.1) is 39.0 Å². The average Bonchev–Trinajstić information content (AvgIpc) is 2.64. The predicted molar refractivity (Wildman–Crippen MR) is 101 cm³/mol. The van der Waals surface area contributed by atoms with Crippen LogP contribution in [0.5, 0.6) is 23.0 Å². The van der Waals surface area contributed by atoms with E-state index in [-0.39, 0.29) is 34.1 Å². The molecule has 0 unspecified atom stereocenters. The normalized spacial score (nSPS) is 11.9. The first kappa shape index (κ1) is 22.2. The molecule has 0 saturated heterocycles. The molecule has 2 aromatic carbocycles. The molecule has 154 valence electrons. The summed E-state index contributed by atoms with van der Waals surface area (Å²) in [5.41, 5.74) is -0.455. The van der Waals surface area contributed by atoms with E-state index in [4.69, 9.17) is 18.9 Å². The van der Waals surface area contributed by atoms with Gasteiger partial charge in [-0.25, -0.2) is 0 Å². The Morgan fingerprint density at radius 1 is 0.607 bits per heavy atom. The Hall–Kier alpha value is -2.06. The Morgan fingerprint density at radius 3 is 1.14 bits per heavy atom. The molecule has 0 spiro atoms. The van der Waals surface area contributed by atoms with Gasteiger partial charge in [-0.15, -0.1) is 0 Å². The zero-order valence-corrected chi connectivity index (χ0v) is 17.2. The van der Waals surface area contributed by atoms with Crippen molar-refractivity contribution in [3.63, 3.8) is 0 Å². The molecule has 0 aliphatic rings. The summed E-state index contributed by atoms with van der Waals surface area (Å²) in [7, 11) is -4.76. The highest BCUT2D eigenvalue weighted by molar-refractivity contribution is 7.61. The summed E-state index contributed by atoms with van der Waals surface area (Å²) >= 11 is 0. The zero-order chi connectivity index (χ0) is 21.3. The van der Waals surface area contributed by atoms with Crippen LogP contribution in [-0.2, 0) is 9.13 Å². The first-order chi connectivity index (χ1) is 13.0. The second-order valence-electron chi connectivity index (χ2n) is 5.54. The van der Waals surface area contributed by atoms with E-state index in [2.05, 4.69) is 0 Å². The van der Waals surface area contributed by atoms with Crippen LogP contribution in [0.2, 0.25) is 0 Å². The van der Waals surface area contributed by atoms with Gasteiger partial charge in [-0.2, -0.15) is 0 Å². The Balaban J connectivity index is 3.11. The highest BCUT2D eigenvalue weighted by Gasteiger charge is 2.34. The summed E-state index contributed by atoms with van der Waals surface area (Å²) in [6, 6.07) is 4.82. The summed E-state index contributed by atoms with van der Waals surface area (Å²) in [5.74, 6) is 0.0277. The van der Waals surface area contributed by atoms with E-state index < -0.39 is 25.8 Å². The van der Waals surface area contributed by atoms with Crippen molar-refractivity contribution < 1.29 is 47.7 Å². The Kier molecular flexibility index (Phi) is 6.45. The number of benzene rings is 2. The first-order valence-corrected chi connectivity index (χ1v) is 10.8. The van der Waals surface area contributed by atoms with Gasteiger partial charge in [0.1, 0.15) is 23.0 Å². The molecule has 0 bridgehead atoms. The van der Waals surface area contributed by atoms with Gasteiger partial charge in [-0.3, -0.25) is 9.13 Å². The standard InChI is InChI=1S/C16H20O10P2/c1-23-9-5-11(25-3)15(13(7-9)27(17,18)19)16-12(26-4)6-10(24-2)8-14(16)28(20,21)22/h5-8H,1-4H3,(H2,17,18,19)(H2,20,21,22). The summed E-state index contributed by atoms with van der Waals surface area (Å²) in [6.45, 7) is 0. The lowest BCUT2D eigenvalue weighted by Crippen LogP contribution is -2.17. The topological polar surface area (TPSA) is 152 Å². The van der Waals surface area contributed by atoms with E-state index in [9.17, 15) is 28.7 Å². The fourth-order valence-electron chi connectivity index (χ4n) is 2.67. The minimum absolute atomic E-state index is 0.0733. The van der Waals surface area contributed by atoms with Crippen molar-refractivity contribution in [2.24, 2.45) is 0 Å². The predicted octanol–water partition coefficient (Wildman–Crippen LogP) is 0.994. The molecule has 2 rings (SSSR count). The van der Waals surface area contributed by atoms with Crippen LogP contribution in [0.3, 0.4) is 0 Å². The van der Waals surface area contributed by atoms with Gasteiger partial charge in [0, 0.05) is 23.3 Å². The maximum absolute atomic E-state index is 12.2. The van der Waals surface area contributed by atoms with Crippen LogP contribution in [-0.4, -0.2) is 48.0 Å². The molecule has 10 nitrogen and oxygen atoms in total. The largest absolute Gasteiger partial charge is 0.497 e. The Labute approximate surface area is 161 Å². The number of hydrogen-bond acceptors (Lipinski definition) is 6. The highest BCUT2D eigenvalue weighted by Crippen LogP contribution is 2.49.